The van der Waals surface area contributed by atoms with Crippen LogP contribution in [0.4, 0.5) is 0 Å². The molecule has 14 atom stereocenters. The molecule has 6 bridgehead atoms. The van der Waals surface area contributed by atoms with Crippen LogP contribution in [0.2, 0.25) is 0 Å². The molecule has 5 saturated carbocycles. The van der Waals surface area contributed by atoms with Crippen LogP contribution in [0, 0.1) is 82.9 Å². The molecule has 0 amide bonds. The lowest BCUT2D eigenvalue weighted by Gasteiger charge is -2.48. The van der Waals surface area contributed by atoms with Gasteiger partial charge in [0.1, 0.15) is 0 Å². The molecule has 0 spiro atoms. The van der Waals surface area contributed by atoms with Gasteiger partial charge >= 0.3 is 11.9 Å². The van der Waals surface area contributed by atoms with E-state index in [4.69, 9.17) is 4.74 Å². The summed E-state index contributed by atoms with van der Waals surface area (Å²) in [7, 11) is 0. The lowest BCUT2D eigenvalue weighted by atomic mass is 9.56. The number of fused-ring (bicyclic) bond motifs is 19. The van der Waals surface area contributed by atoms with Gasteiger partial charge in [-0.3, -0.25) is 9.59 Å². The number of rotatable bonds is 1. The molecule has 1 heterocycles. The predicted octanol–water partition coefficient (Wildman–Crippen LogP) is 3.46. The molecule has 0 aromatic heterocycles. The van der Waals surface area contributed by atoms with Gasteiger partial charge < -0.3 is 4.74 Å². The van der Waals surface area contributed by atoms with E-state index in [0.717, 1.165) is 59.2 Å². The van der Waals surface area contributed by atoms with Crippen LogP contribution in [0.3, 0.4) is 0 Å². The Kier molecular flexibility index (Phi) is 2.40. The first-order valence-corrected chi connectivity index (χ1v) is 11.3. The molecule has 0 radical (unpaired) electrons. The van der Waals surface area contributed by atoms with Gasteiger partial charge in [0, 0.05) is 0 Å². The van der Waals surface area contributed by atoms with Gasteiger partial charge in [0.05, 0.1) is 12.3 Å². The summed E-state index contributed by atoms with van der Waals surface area (Å²) in [5.41, 5.74) is 0. The fourth-order valence-corrected chi connectivity index (χ4v) is 10.8. The molecule has 8 aliphatic rings. The van der Waals surface area contributed by atoms with Crippen molar-refractivity contribution in [2.45, 2.75) is 25.7 Å². The zero-order chi connectivity index (χ0) is 17.6. The van der Waals surface area contributed by atoms with E-state index in [1.165, 1.54) is 19.3 Å². The summed E-state index contributed by atoms with van der Waals surface area (Å²) in [4.78, 5) is 24.0. The van der Waals surface area contributed by atoms with E-state index in [-0.39, 0.29) is 23.8 Å². The highest BCUT2D eigenvalue weighted by Gasteiger charge is 2.73. The topological polar surface area (TPSA) is 43.4 Å². The van der Waals surface area contributed by atoms with Gasteiger partial charge in [-0.15, -0.1) is 0 Å². The maximum absolute atomic E-state index is 12.3. The number of hydrogen-bond donors (Lipinski definition) is 0. The molecule has 140 valence electrons. The maximum atomic E-state index is 12.3. The van der Waals surface area contributed by atoms with Crippen LogP contribution < -0.4 is 0 Å². The Morgan fingerprint density at radius 2 is 1.30 bits per heavy atom. The first-order valence-electron chi connectivity index (χ1n) is 11.3. The molecule has 8 rings (SSSR count). The number of esters is 2. The van der Waals surface area contributed by atoms with Crippen molar-refractivity contribution in [2.75, 3.05) is 0 Å². The Balaban J connectivity index is 1.16. The summed E-state index contributed by atoms with van der Waals surface area (Å²) in [5, 5.41) is 0. The van der Waals surface area contributed by atoms with E-state index in [2.05, 4.69) is 24.3 Å². The van der Waals surface area contributed by atoms with Crippen molar-refractivity contribution in [3.8, 4) is 0 Å². The first-order chi connectivity index (χ1) is 13.2. The van der Waals surface area contributed by atoms with Gasteiger partial charge in [-0.2, -0.15) is 0 Å². The zero-order valence-corrected chi connectivity index (χ0v) is 15.4. The maximum Gasteiger partial charge on any atom is 0.317 e. The Morgan fingerprint density at radius 3 is 2.00 bits per heavy atom. The Labute approximate surface area is 159 Å². The number of allylic oxidation sites excluding steroid dienone is 4. The van der Waals surface area contributed by atoms with E-state index >= 15 is 0 Å². The van der Waals surface area contributed by atoms with Gasteiger partial charge in [-0.25, -0.2) is 0 Å². The second-order valence-corrected chi connectivity index (χ2v) is 11.1. The minimum absolute atomic E-state index is 0.196. The molecule has 0 N–H and O–H groups in total. The number of cyclic esters (lactones) is 2. The molecule has 0 aromatic carbocycles. The van der Waals surface area contributed by atoms with E-state index in [0.29, 0.717) is 18.3 Å². The standard InChI is InChI=1S/C24H26O3/c25-18-8-14(24(26)27-18)12-4-3-11-13-6-17(21(11)12)23-16-7-15(22(13)23)19-9-1-2-10(5-9)20(16)19/h1-4,9-17,19-23H,5-8H2. The lowest BCUT2D eigenvalue weighted by Crippen LogP contribution is -2.45. The first kappa shape index (κ1) is 14.6. The van der Waals surface area contributed by atoms with Crippen molar-refractivity contribution >= 4 is 11.9 Å². The summed E-state index contributed by atoms with van der Waals surface area (Å²) < 4.78 is 4.92. The van der Waals surface area contributed by atoms with Crippen LogP contribution in [0.25, 0.3) is 0 Å². The molecule has 6 fully saturated rings. The summed E-state index contributed by atoms with van der Waals surface area (Å²) in [6, 6.07) is 0. The highest BCUT2D eigenvalue weighted by molar-refractivity contribution is 5.95. The Hall–Kier alpha value is -1.38. The molecule has 0 aromatic rings. The van der Waals surface area contributed by atoms with E-state index in [1.807, 2.05) is 0 Å². The second-order valence-electron chi connectivity index (χ2n) is 11.1. The number of carbonyl (C=O) groups excluding carboxylic acids is 2. The Morgan fingerprint density at radius 1 is 0.667 bits per heavy atom. The van der Waals surface area contributed by atoms with Gasteiger partial charge in [-0.1, -0.05) is 24.3 Å². The summed E-state index contributed by atoms with van der Waals surface area (Å²) >= 11 is 0. The third-order valence-electron chi connectivity index (χ3n) is 10.9. The third-order valence-corrected chi connectivity index (χ3v) is 10.9. The van der Waals surface area contributed by atoms with Crippen molar-refractivity contribution in [1.82, 2.24) is 0 Å². The molecular formula is C24H26O3. The minimum Gasteiger partial charge on any atom is -0.393 e. The van der Waals surface area contributed by atoms with Crippen LogP contribution in [0.15, 0.2) is 24.3 Å². The summed E-state index contributed by atoms with van der Waals surface area (Å²) in [6.07, 6.45) is 14.5. The van der Waals surface area contributed by atoms with Crippen LogP contribution in [-0.2, 0) is 14.3 Å². The molecule has 7 aliphatic carbocycles. The van der Waals surface area contributed by atoms with Crippen LogP contribution in [0.1, 0.15) is 25.7 Å². The van der Waals surface area contributed by atoms with Crippen molar-refractivity contribution in [2.24, 2.45) is 82.9 Å². The normalized spacial score (nSPS) is 65.3. The van der Waals surface area contributed by atoms with Crippen LogP contribution in [-0.4, -0.2) is 11.9 Å². The van der Waals surface area contributed by atoms with Crippen molar-refractivity contribution in [1.29, 1.82) is 0 Å². The Bertz CT molecular complexity index is 841. The fraction of sp³-hybridized carbons (Fsp3) is 0.750. The minimum atomic E-state index is -0.306. The van der Waals surface area contributed by atoms with E-state index in [1.54, 1.807) is 0 Å². The average molecular weight is 362 g/mol. The second kappa shape index (κ2) is 4.44. The van der Waals surface area contributed by atoms with Gasteiger partial charge in [-0.05, 0) is 96.2 Å². The molecule has 3 nitrogen and oxygen atoms in total. The van der Waals surface area contributed by atoms with Crippen LogP contribution >= 0.6 is 0 Å². The van der Waals surface area contributed by atoms with Gasteiger partial charge in [0.25, 0.3) is 0 Å². The number of ether oxygens (including phenoxy) is 1. The van der Waals surface area contributed by atoms with Crippen molar-refractivity contribution in [3.63, 3.8) is 0 Å². The largest absolute Gasteiger partial charge is 0.393 e. The average Bonchev–Trinajstić information content (AvgIpc) is 3.44. The number of carbonyl (C=O) groups is 2. The molecule has 14 unspecified atom stereocenters. The molecular weight excluding hydrogens is 336 g/mol. The van der Waals surface area contributed by atoms with Crippen molar-refractivity contribution in [3.05, 3.63) is 24.3 Å². The SMILES string of the molecule is O=C1CC(C2C=CC3C4CC(C23)C2C3CC(C5C6C=CC(C6)C35)C42)C(=O)O1. The highest BCUT2D eigenvalue weighted by atomic mass is 16.6. The summed E-state index contributed by atoms with van der Waals surface area (Å²) in [5.74, 6) is 10.1. The molecule has 27 heavy (non-hydrogen) atoms. The van der Waals surface area contributed by atoms with Crippen molar-refractivity contribution < 1.29 is 14.3 Å². The van der Waals surface area contributed by atoms with Gasteiger partial charge in [0.15, 0.2) is 0 Å². The quantitative estimate of drug-likeness (QED) is 0.310. The smallest absolute Gasteiger partial charge is 0.317 e. The lowest BCUT2D eigenvalue weighted by molar-refractivity contribution is -0.153. The molecule has 3 heteroatoms. The fourth-order valence-electron chi connectivity index (χ4n) is 10.8. The molecule has 1 aliphatic heterocycles. The summed E-state index contributed by atoms with van der Waals surface area (Å²) in [6.45, 7) is 0. The number of hydrogen-bond acceptors (Lipinski definition) is 3. The van der Waals surface area contributed by atoms with Gasteiger partial charge in [0.2, 0.25) is 0 Å². The monoisotopic (exact) mass is 362 g/mol. The zero-order valence-electron chi connectivity index (χ0n) is 15.4. The van der Waals surface area contributed by atoms with E-state index < -0.39 is 0 Å². The molecule has 1 saturated heterocycles. The van der Waals surface area contributed by atoms with Crippen LogP contribution in [0.5, 0.6) is 0 Å². The third kappa shape index (κ3) is 1.47. The predicted molar refractivity (Wildman–Crippen MR) is 96.7 cm³/mol. The van der Waals surface area contributed by atoms with E-state index in [9.17, 15) is 9.59 Å². The highest BCUT2D eigenvalue weighted by Crippen LogP contribution is 2.78.